The van der Waals surface area contributed by atoms with Crippen molar-refractivity contribution in [2.24, 2.45) is 0 Å². The molecule has 0 atom stereocenters. The van der Waals surface area contributed by atoms with Crippen LogP contribution in [0.15, 0.2) is 53.3 Å². The molecule has 1 aromatic heterocycles. The lowest BCUT2D eigenvalue weighted by Gasteiger charge is -2.06. The van der Waals surface area contributed by atoms with Gasteiger partial charge >= 0.3 is 5.69 Å². The molecule has 21 heavy (non-hydrogen) atoms. The van der Waals surface area contributed by atoms with Crippen molar-refractivity contribution >= 4 is 0 Å². The van der Waals surface area contributed by atoms with Crippen LogP contribution in [0.2, 0.25) is 0 Å². The van der Waals surface area contributed by atoms with Crippen LogP contribution in [0.25, 0.3) is 5.69 Å². The summed E-state index contributed by atoms with van der Waals surface area (Å²) in [6.45, 7) is 0. The Hall–Kier alpha value is -2.76. The minimum absolute atomic E-state index is 0.156. The van der Waals surface area contributed by atoms with E-state index in [2.05, 4.69) is 10.2 Å². The highest BCUT2D eigenvalue weighted by Crippen LogP contribution is 2.14. The monoisotopic (exact) mass is 287 g/mol. The van der Waals surface area contributed by atoms with Gasteiger partial charge in [-0.2, -0.15) is 5.10 Å². The molecule has 106 valence electrons. The zero-order valence-corrected chi connectivity index (χ0v) is 10.9. The van der Waals surface area contributed by atoms with E-state index in [0.717, 1.165) is 0 Å². The second kappa shape index (κ2) is 5.32. The first-order chi connectivity index (χ1) is 10.1. The molecule has 6 heteroatoms. The van der Waals surface area contributed by atoms with Crippen molar-refractivity contribution in [3.05, 3.63) is 82.0 Å². The van der Waals surface area contributed by atoms with Gasteiger partial charge < -0.3 is 0 Å². The molecule has 0 aliphatic heterocycles. The molecule has 0 bridgehead atoms. The van der Waals surface area contributed by atoms with E-state index in [1.807, 2.05) is 0 Å². The average Bonchev–Trinajstić information content (AvgIpc) is 2.83. The molecule has 3 rings (SSSR count). The number of aromatic amines is 1. The van der Waals surface area contributed by atoms with Crippen molar-refractivity contribution in [1.82, 2.24) is 14.8 Å². The number of hydrogen-bond acceptors (Lipinski definition) is 2. The summed E-state index contributed by atoms with van der Waals surface area (Å²) in [7, 11) is 0. The summed E-state index contributed by atoms with van der Waals surface area (Å²) in [4.78, 5) is 11.9. The first kappa shape index (κ1) is 13.2. The van der Waals surface area contributed by atoms with Crippen LogP contribution in [-0.4, -0.2) is 14.8 Å². The lowest BCUT2D eigenvalue weighted by molar-refractivity contribution is 0.611. The van der Waals surface area contributed by atoms with E-state index in [1.54, 1.807) is 18.2 Å². The Morgan fingerprint density at radius 3 is 2.48 bits per heavy atom. The zero-order chi connectivity index (χ0) is 14.8. The Morgan fingerprint density at radius 1 is 1.05 bits per heavy atom. The molecule has 0 fully saturated rings. The summed E-state index contributed by atoms with van der Waals surface area (Å²) in [6.07, 6.45) is 0.156. The standard InChI is InChI=1S/C15H11F2N3O/c16-11-5-7-12(8-6-11)20-14(18-19-15(20)21)9-10-3-1-2-4-13(10)17/h1-8H,9H2,(H,19,21). The molecular weight excluding hydrogens is 276 g/mol. The molecule has 0 saturated carbocycles. The molecule has 0 aliphatic rings. The third-order valence-corrected chi connectivity index (χ3v) is 3.13. The smallest absolute Gasteiger partial charge is 0.247 e. The Kier molecular flexibility index (Phi) is 3.35. The maximum Gasteiger partial charge on any atom is 0.347 e. The number of nitrogens with one attached hydrogen (secondary N) is 1. The zero-order valence-electron chi connectivity index (χ0n) is 10.9. The van der Waals surface area contributed by atoms with Gasteiger partial charge in [-0.15, -0.1) is 0 Å². The summed E-state index contributed by atoms with van der Waals surface area (Å²) in [6, 6.07) is 11.7. The molecule has 0 aliphatic carbocycles. The SMILES string of the molecule is O=c1[nH]nc(Cc2ccccc2F)n1-c1ccc(F)cc1. The highest BCUT2D eigenvalue weighted by Gasteiger charge is 2.13. The van der Waals surface area contributed by atoms with Gasteiger partial charge in [0, 0.05) is 6.42 Å². The number of H-pyrrole nitrogens is 1. The fourth-order valence-corrected chi connectivity index (χ4v) is 2.12. The highest BCUT2D eigenvalue weighted by molar-refractivity contribution is 5.34. The van der Waals surface area contributed by atoms with Gasteiger partial charge in [0.05, 0.1) is 5.69 Å². The van der Waals surface area contributed by atoms with Crippen molar-refractivity contribution < 1.29 is 8.78 Å². The Bertz CT molecular complexity index is 821. The van der Waals surface area contributed by atoms with Gasteiger partial charge in [0.15, 0.2) is 0 Å². The lowest BCUT2D eigenvalue weighted by atomic mass is 10.1. The molecule has 3 aromatic rings. The minimum atomic E-state index is -0.451. The summed E-state index contributed by atoms with van der Waals surface area (Å²) >= 11 is 0. The maximum atomic E-state index is 13.7. The molecule has 0 radical (unpaired) electrons. The van der Waals surface area contributed by atoms with E-state index >= 15 is 0 Å². The number of aromatic nitrogens is 3. The van der Waals surface area contributed by atoms with E-state index in [1.165, 1.54) is 34.9 Å². The summed E-state index contributed by atoms with van der Waals surface area (Å²) < 4.78 is 28.0. The van der Waals surface area contributed by atoms with Gasteiger partial charge in [0.25, 0.3) is 0 Å². The predicted molar refractivity (Wildman–Crippen MR) is 73.3 cm³/mol. The molecule has 1 N–H and O–H groups in total. The van der Waals surface area contributed by atoms with Crippen LogP contribution in [0.3, 0.4) is 0 Å². The number of nitrogens with zero attached hydrogens (tertiary/aromatic N) is 2. The molecule has 0 saturated heterocycles. The van der Waals surface area contributed by atoms with Crippen LogP contribution in [0.5, 0.6) is 0 Å². The number of benzene rings is 2. The van der Waals surface area contributed by atoms with Crippen LogP contribution < -0.4 is 5.69 Å². The molecule has 0 unspecified atom stereocenters. The van der Waals surface area contributed by atoms with E-state index < -0.39 is 11.5 Å². The topological polar surface area (TPSA) is 50.7 Å². The average molecular weight is 287 g/mol. The highest BCUT2D eigenvalue weighted by atomic mass is 19.1. The molecule has 0 spiro atoms. The second-order valence-corrected chi connectivity index (χ2v) is 4.53. The lowest BCUT2D eigenvalue weighted by Crippen LogP contribution is -2.17. The normalized spacial score (nSPS) is 10.8. The third kappa shape index (κ3) is 2.60. The van der Waals surface area contributed by atoms with E-state index in [4.69, 9.17) is 0 Å². The van der Waals surface area contributed by atoms with E-state index in [-0.39, 0.29) is 12.2 Å². The van der Waals surface area contributed by atoms with E-state index in [0.29, 0.717) is 17.1 Å². The fraction of sp³-hybridized carbons (Fsp3) is 0.0667. The molecule has 4 nitrogen and oxygen atoms in total. The first-order valence-electron chi connectivity index (χ1n) is 6.31. The maximum absolute atomic E-state index is 13.7. The van der Waals surface area contributed by atoms with Crippen molar-refractivity contribution in [2.75, 3.05) is 0 Å². The Morgan fingerprint density at radius 2 is 1.76 bits per heavy atom. The van der Waals surface area contributed by atoms with Crippen molar-refractivity contribution in [3.63, 3.8) is 0 Å². The molecule has 2 aromatic carbocycles. The molecule has 1 heterocycles. The Balaban J connectivity index is 2.03. The van der Waals surface area contributed by atoms with E-state index in [9.17, 15) is 13.6 Å². The summed E-state index contributed by atoms with van der Waals surface area (Å²) in [5, 5.41) is 6.25. The second-order valence-electron chi connectivity index (χ2n) is 4.53. The quantitative estimate of drug-likeness (QED) is 0.804. The van der Waals surface area contributed by atoms with Crippen molar-refractivity contribution in [1.29, 1.82) is 0 Å². The van der Waals surface area contributed by atoms with Crippen molar-refractivity contribution in [3.8, 4) is 5.69 Å². The van der Waals surface area contributed by atoms with Crippen LogP contribution in [-0.2, 0) is 6.42 Å². The minimum Gasteiger partial charge on any atom is -0.247 e. The third-order valence-electron chi connectivity index (χ3n) is 3.13. The van der Waals surface area contributed by atoms with Gasteiger partial charge in [0.2, 0.25) is 0 Å². The van der Waals surface area contributed by atoms with Gasteiger partial charge in [-0.25, -0.2) is 23.2 Å². The summed E-state index contributed by atoms with van der Waals surface area (Å²) in [5.74, 6) is -0.402. The molecular formula is C15H11F2N3O. The Labute approximate surface area is 118 Å². The van der Waals surface area contributed by atoms with Crippen LogP contribution >= 0.6 is 0 Å². The van der Waals surface area contributed by atoms with Crippen LogP contribution in [0.1, 0.15) is 11.4 Å². The number of rotatable bonds is 3. The van der Waals surface area contributed by atoms with Gasteiger partial charge in [-0.05, 0) is 35.9 Å². The molecule has 0 amide bonds. The van der Waals surface area contributed by atoms with Crippen molar-refractivity contribution in [2.45, 2.75) is 6.42 Å². The predicted octanol–water partition coefficient (Wildman–Crippen LogP) is 2.43. The van der Waals surface area contributed by atoms with Gasteiger partial charge in [-0.1, -0.05) is 18.2 Å². The van der Waals surface area contributed by atoms with Gasteiger partial charge in [0.1, 0.15) is 17.5 Å². The van der Waals surface area contributed by atoms with Crippen LogP contribution in [0.4, 0.5) is 8.78 Å². The fourth-order valence-electron chi connectivity index (χ4n) is 2.12. The number of hydrogen-bond donors (Lipinski definition) is 1. The van der Waals surface area contributed by atoms with Crippen LogP contribution in [0, 0.1) is 11.6 Å². The first-order valence-corrected chi connectivity index (χ1v) is 6.31. The number of halogens is 2. The largest absolute Gasteiger partial charge is 0.347 e. The summed E-state index contributed by atoms with van der Waals surface area (Å²) in [5.41, 5.74) is 0.453. The van der Waals surface area contributed by atoms with Gasteiger partial charge in [-0.3, -0.25) is 0 Å².